The first-order valence-electron chi connectivity index (χ1n) is 7.60. The lowest BCUT2D eigenvalue weighted by atomic mass is 10.1. The first-order valence-corrected chi connectivity index (χ1v) is 8.39. The van der Waals surface area contributed by atoms with Crippen LogP contribution in [0.25, 0.3) is 0 Å². The number of ether oxygens (including phenoxy) is 2. The Bertz CT molecular complexity index is 435. The minimum Gasteiger partial charge on any atom is -0.493 e. The van der Waals surface area contributed by atoms with E-state index in [0.717, 1.165) is 29.6 Å². The van der Waals surface area contributed by atoms with Gasteiger partial charge in [-0.25, -0.2) is 0 Å². The summed E-state index contributed by atoms with van der Waals surface area (Å²) in [5, 5.41) is 3.49. The Kier molecular flexibility index (Phi) is 7.71. The van der Waals surface area contributed by atoms with Gasteiger partial charge < -0.3 is 14.8 Å². The summed E-state index contributed by atoms with van der Waals surface area (Å²) in [5.74, 6) is 0.889. The molecule has 4 heteroatoms. The van der Waals surface area contributed by atoms with Gasteiger partial charge in [-0.1, -0.05) is 28.9 Å². The van der Waals surface area contributed by atoms with Crippen LogP contribution in [-0.4, -0.2) is 25.9 Å². The van der Waals surface area contributed by atoms with Crippen LogP contribution in [0.2, 0.25) is 0 Å². The van der Waals surface area contributed by atoms with Gasteiger partial charge in [0.1, 0.15) is 5.75 Å². The van der Waals surface area contributed by atoms with Gasteiger partial charge in [0.25, 0.3) is 0 Å². The van der Waals surface area contributed by atoms with E-state index in [1.807, 2.05) is 12.1 Å². The number of methoxy groups -OCH3 is 1. The molecule has 120 valence electrons. The quantitative estimate of drug-likeness (QED) is 0.694. The maximum absolute atomic E-state index is 5.81. The minimum atomic E-state index is -0.143. The molecular formula is C17H28BrNO2. The van der Waals surface area contributed by atoms with E-state index in [1.54, 1.807) is 7.11 Å². The molecule has 1 rings (SSSR count). The summed E-state index contributed by atoms with van der Waals surface area (Å²) in [6, 6.07) is 6.53. The Morgan fingerprint density at radius 1 is 1.33 bits per heavy atom. The highest BCUT2D eigenvalue weighted by Crippen LogP contribution is 2.28. The average molecular weight is 358 g/mol. The molecular weight excluding hydrogens is 330 g/mol. The Balaban J connectivity index is 2.57. The maximum Gasteiger partial charge on any atom is 0.120 e. The third-order valence-corrected chi connectivity index (χ3v) is 4.35. The highest BCUT2D eigenvalue weighted by molar-refractivity contribution is 9.10. The first kappa shape index (κ1) is 18.5. The van der Waals surface area contributed by atoms with Gasteiger partial charge in [0.15, 0.2) is 0 Å². The molecule has 0 aromatic heterocycles. The van der Waals surface area contributed by atoms with Crippen molar-refractivity contribution in [3.8, 4) is 5.75 Å². The molecule has 0 saturated heterocycles. The van der Waals surface area contributed by atoms with Crippen molar-refractivity contribution < 1.29 is 9.47 Å². The van der Waals surface area contributed by atoms with Crippen LogP contribution in [0, 0.1) is 0 Å². The monoisotopic (exact) mass is 357 g/mol. The SMILES string of the molecule is CCCNC(C)c1ccc(OCCC(C)(C)OC)cc1Br. The van der Waals surface area contributed by atoms with Crippen molar-refractivity contribution >= 4 is 15.9 Å². The molecule has 0 aliphatic heterocycles. The standard InChI is InChI=1S/C17H28BrNO2/c1-6-10-19-13(2)15-8-7-14(12-16(15)18)21-11-9-17(3,4)20-5/h7-8,12-13,19H,6,9-11H2,1-5H3. The Labute approximate surface area is 137 Å². The largest absolute Gasteiger partial charge is 0.493 e. The molecule has 3 nitrogen and oxygen atoms in total. The second-order valence-electron chi connectivity index (χ2n) is 5.92. The molecule has 1 unspecified atom stereocenters. The summed E-state index contributed by atoms with van der Waals surface area (Å²) in [5.41, 5.74) is 1.11. The van der Waals surface area contributed by atoms with Crippen molar-refractivity contribution in [2.75, 3.05) is 20.3 Å². The lowest BCUT2D eigenvalue weighted by Gasteiger charge is -2.23. The zero-order chi connectivity index (χ0) is 15.9. The van der Waals surface area contributed by atoms with Crippen LogP contribution in [-0.2, 0) is 4.74 Å². The summed E-state index contributed by atoms with van der Waals surface area (Å²) in [7, 11) is 1.73. The lowest BCUT2D eigenvalue weighted by Crippen LogP contribution is -2.25. The van der Waals surface area contributed by atoms with Gasteiger partial charge in [-0.05, 0) is 51.4 Å². The fourth-order valence-electron chi connectivity index (χ4n) is 1.94. The number of rotatable bonds is 9. The van der Waals surface area contributed by atoms with Gasteiger partial charge in [-0.2, -0.15) is 0 Å². The molecule has 0 spiro atoms. The highest BCUT2D eigenvalue weighted by Gasteiger charge is 2.16. The Morgan fingerprint density at radius 3 is 2.62 bits per heavy atom. The van der Waals surface area contributed by atoms with Crippen molar-refractivity contribution in [1.29, 1.82) is 0 Å². The second kappa shape index (κ2) is 8.76. The number of hydrogen-bond acceptors (Lipinski definition) is 3. The summed E-state index contributed by atoms with van der Waals surface area (Å²) >= 11 is 3.64. The highest BCUT2D eigenvalue weighted by atomic mass is 79.9. The molecule has 0 fully saturated rings. The predicted molar refractivity (Wildman–Crippen MR) is 92.1 cm³/mol. The van der Waals surface area contributed by atoms with Gasteiger partial charge in [0, 0.05) is 24.0 Å². The van der Waals surface area contributed by atoms with E-state index in [0.29, 0.717) is 12.6 Å². The van der Waals surface area contributed by atoms with Crippen molar-refractivity contribution in [3.63, 3.8) is 0 Å². The van der Waals surface area contributed by atoms with Crippen LogP contribution >= 0.6 is 15.9 Å². The summed E-state index contributed by atoms with van der Waals surface area (Å²) in [6.45, 7) is 10.2. The Hall–Kier alpha value is -0.580. The van der Waals surface area contributed by atoms with E-state index in [-0.39, 0.29) is 5.60 Å². The normalized spacial score (nSPS) is 13.2. The molecule has 0 aliphatic carbocycles. The van der Waals surface area contributed by atoms with Crippen LogP contribution in [0.15, 0.2) is 22.7 Å². The van der Waals surface area contributed by atoms with Crippen LogP contribution < -0.4 is 10.1 Å². The van der Waals surface area contributed by atoms with Crippen molar-refractivity contribution in [3.05, 3.63) is 28.2 Å². The average Bonchev–Trinajstić information content (AvgIpc) is 2.44. The molecule has 0 aliphatic rings. The summed E-state index contributed by atoms with van der Waals surface area (Å²) in [4.78, 5) is 0. The molecule has 0 saturated carbocycles. The van der Waals surface area contributed by atoms with Gasteiger partial charge in [-0.15, -0.1) is 0 Å². The molecule has 0 radical (unpaired) electrons. The second-order valence-corrected chi connectivity index (χ2v) is 6.78. The number of halogens is 1. The van der Waals surface area contributed by atoms with E-state index in [4.69, 9.17) is 9.47 Å². The zero-order valence-electron chi connectivity index (χ0n) is 13.8. The molecule has 1 aromatic rings. The van der Waals surface area contributed by atoms with Crippen molar-refractivity contribution in [2.24, 2.45) is 0 Å². The van der Waals surface area contributed by atoms with E-state index < -0.39 is 0 Å². The number of nitrogens with one attached hydrogen (secondary N) is 1. The maximum atomic E-state index is 5.81. The fraction of sp³-hybridized carbons (Fsp3) is 0.647. The number of hydrogen-bond donors (Lipinski definition) is 1. The van der Waals surface area contributed by atoms with Crippen molar-refractivity contribution in [2.45, 2.75) is 52.2 Å². The van der Waals surface area contributed by atoms with Crippen LogP contribution in [0.1, 0.15) is 52.1 Å². The van der Waals surface area contributed by atoms with Crippen LogP contribution in [0.4, 0.5) is 0 Å². The van der Waals surface area contributed by atoms with E-state index in [2.05, 4.69) is 55.0 Å². The summed E-state index contributed by atoms with van der Waals surface area (Å²) < 4.78 is 12.3. The lowest BCUT2D eigenvalue weighted by molar-refractivity contribution is 0.00545. The number of benzene rings is 1. The van der Waals surface area contributed by atoms with Crippen LogP contribution in [0.5, 0.6) is 5.75 Å². The predicted octanol–water partition coefficient (Wildman–Crippen LogP) is 4.70. The molecule has 21 heavy (non-hydrogen) atoms. The first-order chi connectivity index (χ1) is 9.89. The third-order valence-electron chi connectivity index (χ3n) is 3.66. The van der Waals surface area contributed by atoms with Crippen molar-refractivity contribution in [1.82, 2.24) is 5.32 Å². The molecule has 0 bridgehead atoms. The van der Waals surface area contributed by atoms with E-state index >= 15 is 0 Å². The van der Waals surface area contributed by atoms with Crippen LogP contribution in [0.3, 0.4) is 0 Å². The summed E-state index contributed by atoms with van der Waals surface area (Å²) in [6.07, 6.45) is 2.00. The van der Waals surface area contributed by atoms with E-state index in [9.17, 15) is 0 Å². The fourth-order valence-corrected chi connectivity index (χ4v) is 2.64. The molecule has 1 N–H and O–H groups in total. The minimum absolute atomic E-state index is 0.143. The van der Waals surface area contributed by atoms with Gasteiger partial charge in [0.05, 0.1) is 12.2 Å². The zero-order valence-corrected chi connectivity index (χ0v) is 15.4. The van der Waals surface area contributed by atoms with Gasteiger partial charge in [0.2, 0.25) is 0 Å². The molecule has 1 atom stereocenters. The van der Waals surface area contributed by atoms with E-state index in [1.165, 1.54) is 5.56 Å². The third kappa shape index (κ3) is 6.37. The van der Waals surface area contributed by atoms with Gasteiger partial charge >= 0.3 is 0 Å². The Morgan fingerprint density at radius 2 is 2.05 bits per heavy atom. The van der Waals surface area contributed by atoms with Gasteiger partial charge in [-0.3, -0.25) is 0 Å². The smallest absolute Gasteiger partial charge is 0.120 e. The molecule has 1 aromatic carbocycles. The molecule has 0 amide bonds. The topological polar surface area (TPSA) is 30.5 Å². The molecule has 0 heterocycles.